The van der Waals surface area contributed by atoms with E-state index >= 15 is 0 Å². The minimum Gasteiger partial charge on any atom is -0.497 e. The molecule has 158 valence electrons. The van der Waals surface area contributed by atoms with Crippen LogP contribution in [0.15, 0.2) is 53.1 Å². The van der Waals surface area contributed by atoms with Crippen molar-refractivity contribution in [2.45, 2.75) is 11.2 Å². The van der Waals surface area contributed by atoms with E-state index < -0.39 is 29.0 Å². The molecular formula is C22H18N2O6S. The van der Waals surface area contributed by atoms with Gasteiger partial charge in [-0.05, 0) is 18.2 Å². The quantitative estimate of drug-likeness (QED) is 0.441. The van der Waals surface area contributed by atoms with Crippen LogP contribution in [0.25, 0.3) is 0 Å². The van der Waals surface area contributed by atoms with Crippen LogP contribution < -0.4 is 24.8 Å². The molecule has 8 nitrogen and oxygen atoms in total. The van der Waals surface area contributed by atoms with Crippen LogP contribution in [0.5, 0.6) is 17.2 Å². The average Bonchev–Trinajstić information content (AvgIpc) is 3.02. The van der Waals surface area contributed by atoms with Gasteiger partial charge in [-0.15, -0.1) is 0 Å². The maximum atomic E-state index is 13.6. The summed E-state index contributed by atoms with van der Waals surface area (Å²) in [4.78, 5) is 40.9. The van der Waals surface area contributed by atoms with Gasteiger partial charge in [0, 0.05) is 17.5 Å². The van der Waals surface area contributed by atoms with Crippen LogP contribution in [-0.2, 0) is 14.4 Å². The van der Waals surface area contributed by atoms with Crippen molar-refractivity contribution in [2.24, 2.45) is 11.7 Å². The molecule has 9 heteroatoms. The molecule has 3 heterocycles. The van der Waals surface area contributed by atoms with E-state index in [1.807, 2.05) is 0 Å². The molecule has 0 unspecified atom stereocenters. The van der Waals surface area contributed by atoms with E-state index in [0.29, 0.717) is 22.7 Å². The lowest BCUT2D eigenvalue weighted by atomic mass is 9.77. The van der Waals surface area contributed by atoms with E-state index in [9.17, 15) is 14.4 Å². The first-order valence-corrected chi connectivity index (χ1v) is 10.4. The zero-order valence-corrected chi connectivity index (χ0v) is 17.5. The molecule has 0 spiro atoms. The number of imide groups is 1. The van der Waals surface area contributed by atoms with Crippen LogP contribution in [-0.4, -0.2) is 37.3 Å². The van der Waals surface area contributed by atoms with Gasteiger partial charge in [0.1, 0.15) is 11.0 Å². The summed E-state index contributed by atoms with van der Waals surface area (Å²) in [7, 11) is 2.98. The fourth-order valence-electron chi connectivity index (χ4n) is 4.42. The highest BCUT2D eigenvalue weighted by Crippen LogP contribution is 2.56. The number of carbonyl (C=O) groups excluding carboxylic acids is 3. The SMILES string of the molecule is COc1cccc(N2C(=O)[C@@H]3[C@H](SC(N)=C4C(=O)Oc5c(OC)cccc5[C@H]43)C2=O)c1. The van der Waals surface area contributed by atoms with Gasteiger partial charge in [0.05, 0.1) is 36.4 Å². The predicted molar refractivity (Wildman–Crippen MR) is 113 cm³/mol. The Kier molecular flexibility index (Phi) is 4.44. The van der Waals surface area contributed by atoms with Gasteiger partial charge in [0.2, 0.25) is 11.8 Å². The first-order chi connectivity index (χ1) is 15.0. The van der Waals surface area contributed by atoms with E-state index in [1.165, 1.54) is 14.2 Å². The monoisotopic (exact) mass is 438 g/mol. The Bertz CT molecular complexity index is 1180. The number of rotatable bonds is 3. The first kappa shape index (κ1) is 19.5. The van der Waals surface area contributed by atoms with Crippen molar-refractivity contribution >= 4 is 35.2 Å². The van der Waals surface area contributed by atoms with Crippen molar-refractivity contribution < 1.29 is 28.6 Å². The van der Waals surface area contributed by atoms with Gasteiger partial charge in [-0.3, -0.25) is 9.59 Å². The highest BCUT2D eigenvalue weighted by atomic mass is 32.2. The number of para-hydroxylation sites is 1. The number of fused-ring (bicyclic) bond motifs is 5. The number of ether oxygens (including phenoxy) is 3. The standard InChI is InChI=1S/C22H18N2O6S/c1-28-11-6-3-5-10(9-11)24-20(25)15-14-12-7-4-8-13(29-2)17(12)30-22(27)16(14)19(23)31-18(15)21(24)26/h3-9,14-15,18H,23H2,1-2H3/t14-,15-,18-/m0/s1. The zero-order valence-electron chi connectivity index (χ0n) is 16.7. The molecule has 2 amide bonds. The van der Waals surface area contributed by atoms with Gasteiger partial charge < -0.3 is 19.9 Å². The molecule has 3 atom stereocenters. The van der Waals surface area contributed by atoms with Crippen LogP contribution >= 0.6 is 11.8 Å². The third kappa shape index (κ3) is 2.73. The van der Waals surface area contributed by atoms with Gasteiger partial charge in [-0.25, -0.2) is 9.69 Å². The Morgan fingerprint density at radius 1 is 1.03 bits per heavy atom. The number of hydrogen-bond acceptors (Lipinski definition) is 8. The maximum Gasteiger partial charge on any atom is 0.342 e. The third-order valence-electron chi connectivity index (χ3n) is 5.78. The van der Waals surface area contributed by atoms with Crippen molar-refractivity contribution in [3.05, 3.63) is 58.6 Å². The lowest BCUT2D eigenvalue weighted by Crippen LogP contribution is -2.39. The minimum atomic E-state index is -0.801. The number of nitrogens with zero attached hydrogens (tertiary/aromatic N) is 1. The molecule has 0 aliphatic carbocycles. The molecule has 0 aromatic heterocycles. The summed E-state index contributed by atoms with van der Waals surface area (Å²) in [5, 5.41) is -0.559. The summed E-state index contributed by atoms with van der Waals surface area (Å²) in [5.74, 6) is -1.76. The highest BCUT2D eigenvalue weighted by Gasteiger charge is 2.58. The van der Waals surface area contributed by atoms with Crippen molar-refractivity contribution in [1.82, 2.24) is 0 Å². The fraction of sp³-hybridized carbons (Fsp3) is 0.227. The molecule has 1 fully saturated rings. The summed E-state index contributed by atoms with van der Waals surface area (Å²) in [6.45, 7) is 0. The topological polar surface area (TPSA) is 108 Å². The maximum absolute atomic E-state index is 13.6. The van der Waals surface area contributed by atoms with Crippen molar-refractivity contribution in [3.8, 4) is 17.2 Å². The number of carbonyl (C=O) groups is 3. The Morgan fingerprint density at radius 2 is 1.81 bits per heavy atom. The second-order valence-electron chi connectivity index (χ2n) is 7.30. The fourth-order valence-corrected chi connectivity index (χ4v) is 5.66. The van der Waals surface area contributed by atoms with E-state index in [4.69, 9.17) is 19.9 Å². The molecule has 31 heavy (non-hydrogen) atoms. The largest absolute Gasteiger partial charge is 0.497 e. The Labute approximate surface area is 181 Å². The number of amides is 2. The van der Waals surface area contributed by atoms with Crippen LogP contribution in [0.2, 0.25) is 0 Å². The van der Waals surface area contributed by atoms with E-state index in [0.717, 1.165) is 16.7 Å². The van der Waals surface area contributed by atoms with Crippen LogP contribution in [0, 0.1) is 5.92 Å². The van der Waals surface area contributed by atoms with Crippen molar-refractivity contribution in [2.75, 3.05) is 19.1 Å². The molecule has 0 bridgehead atoms. The van der Waals surface area contributed by atoms with E-state index in [-0.39, 0.29) is 22.3 Å². The van der Waals surface area contributed by atoms with E-state index in [2.05, 4.69) is 0 Å². The predicted octanol–water partition coefficient (Wildman–Crippen LogP) is 2.18. The average molecular weight is 438 g/mol. The summed E-state index contributed by atoms with van der Waals surface area (Å²) in [6, 6.07) is 11.9. The third-order valence-corrected chi connectivity index (χ3v) is 7.00. The van der Waals surface area contributed by atoms with Gasteiger partial charge in [-0.2, -0.15) is 0 Å². The normalized spacial score (nSPS) is 24.4. The number of nitrogens with two attached hydrogens (primary N) is 1. The van der Waals surface area contributed by atoms with Crippen LogP contribution in [0.1, 0.15) is 11.5 Å². The van der Waals surface area contributed by atoms with Gasteiger partial charge >= 0.3 is 5.97 Å². The summed E-state index contributed by atoms with van der Waals surface area (Å²) in [5.41, 5.74) is 7.43. The van der Waals surface area contributed by atoms with Gasteiger partial charge in [-0.1, -0.05) is 30.0 Å². The molecule has 1 saturated heterocycles. The van der Waals surface area contributed by atoms with Gasteiger partial charge in [0.25, 0.3) is 0 Å². The molecule has 3 aliphatic rings. The number of anilines is 1. The number of hydrogen-bond donors (Lipinski definition) is 1. The molecule has 0 radical (unpaired) electrons. The smallest absolute Gasteiger partial charge is 0.342 e. The zero-order chi connectivity index (χ0) is 21.9. The van der Waals surface area contributed by atoms with Crippen molar-refractivity contribution in [3.63, 3.8) is 0 Å². The number of esters is 1. The molecule has 2 aromatic rings. The molecule has 5 rings (SSSR count). The Hall–Kier alpha value is -3.46. The second kappa shape index (κ2) is 7.05. The molecule has 2 N–H and O–H groups in total. The number of methoxy groups -OCH3 is 2. The summed E-state index contributed by atoms with van der Waals surface area (Å²) < 4.78 is 16.1. The van der Waals surface area contributed by atoms with Gasteiger partial charge in [0.15, 0.2) is 11.5 Å². The lowest BCUT2D eigenvalue weighted by Gasteiger charge is -2.36. The highest BCUT2D eigenvalue weighted by molar-refractivity contribution is 8.04. The van der Waals surface area contributed by atoms with Crippen molar-refractivity contribution in [1.29, 1.82) is 0 Å². The minimum absolute atomic E-state index is 0.193. The second-order valence-corrected chi connectivity index (χ2v) is 8.48. The molecular weight excluding hydrogens is 420 g/mol. The molecule has 3 aliphatic heterocycles. The van der Waals surface area contributed by atoms with E-state index in [1.54, 1.807) is 42.5 Å². The number of thioether (sulfide) groups is 1. The van der Waals surface area contributed by atoms with Crippen LogP contribution in [0.4, 0.5) is 5.69 Å². The summed E-state index contributed by atoms with van der Waals surface area (Å²) >= 11 is 1.03. The summed E-state index contributed by atoms with van der Waals surface area (Å²) in [6.07, 6.45) is 0. The Balaban J connectivity index is 1.66. The lowest BCUT2D eigenvalue weighted by molar-refractivity contribution is -0.132. The number of benzene rings is 2. The molecule has 2 aromatic carbocycles. The van der Waals surface area contributed by atoms with Crippen LogP contribution in [0.3, 0.4) is 0 Å². The Morgan fingerprint density at radius 3 is 2.55 bits per heavy atom. The molecule has 0 saturated carbocycles. The first-order valence-electron chi connectivity index (χ1n) is 9.53.